The molecule has 1 aliphatic heterocycles. The SMILES string of the molecule is CC(C)(C)c1ccc(OCc2ccc(C(=O)N3CCc4cnc(-c5cnc6ccccc6c5)nc4C3)cc2)cc1. The van der Waals surface area contributed by atoms with Crippen LogP contribution in [-0.4, -0.2) is 32.3 Å². The van der Waals surface area contributed by atoms with Crippen LogP contribution in [0.25, 0.3) is 22.3 Å². The number of carbonyl (C=O) groups is 1. The second-order valence-corrected chi connectivity index (χ2v) is 11.3. The third kappa shape index (κ3) is 5.43. The molecule has 0 spiro atoms. The fourth-order valence-corrected chi connectivity index (χ4v) is 4.95. The average molecular weight is 529 g/mol. The quantitative estimate of drug-likeness (QED) is 0.252. The van der Waals surface area contributed by atoms with Crippen molar-refractivity contribution in [3.63, 3.8) is 0 Å². The molecule has 1 amide bonds. The van der Waals surface area contributed by atoms with E-state index < -0.39 is 0 Å². The van der Waals surface area contributed by atoms with E-state index in [9.17, 15) is 4.79 Å². The number of fused-ring (bicyclic) bond motifs is 2. The Hall–Kier alpha value is -4.58. The zero-order valence-electron chi connectivity index (χ0n) is 23.1. The van der Waals surface area contributed by atoms with Crippen LogP contribution in [-0.2, 0) is 25.0 Å². The van der Waals surface area contributed by atoms with Gasteiger partial charge in [-0.25, -0.2) is 9.97 Å². The second kappa shape index (κ2) is 10.5. The summed E-state index contributed by atoms with van der Waals surface area (Å²) < 4.78 is 5.97. The molecule has 0 saturated heterocycles. The number of hydrogen-bond acceptors (Lipinski definition) is 5. The van der Waals surface area contributed by atoms with E-state index in [0.717, 1.165) is 45.5 Å². The normalized spacial score (nSPS) is 13.2. The fourth-order valence-electron chi connectivity index (χ4n) is 4.95. The van der Waals surface area contributed by atoms with Crippen LogP contribution in [0.5, 0.6) is 5.75 Å². The maximum atomic E-state index is 13.4. The van der Waals surface area contributed by atoms with E-state index >= 15 is 0 Å². The first-order valence-electron chi connectivity index (χ1n) is 13.6. The summed E-state index contributed by atoms with van der Waals surface area (Å²) in [4.78, 5) is 29.2. The van der Waals surface area contributed by atoms with E-state index in [1.54, 1.807) is 0 Å². The Morgan fingerprint density at radius 1 is 0.925 bits per heavy atom. The van der Waals surface area contributed by atoms with E-state index in [0.29, 0.717) is 31.1 Å². The van der Waals surface area contributed by atoms with E-state index in [1.165, 1.54) is 5.56 Å². The highest BCUT2D eigenvalue weighted by molar-refractivity contribution is 5.94. The monoisotopic (exact) mass is 528 g/mol. The van der Waals surface area contributed by atoms with Gasteiger partial charge in [-0.05, 0) is 64.9 Å². The van der Waals surface area contributed by atoms with E-state index in [4.69, 9.17) is 9.72 Å². The van der Waals surface area contributed by atoms with Crippen LogP contribution in [0.3, 0.4) is 0 Å². The summed E-state index contributed by atoms with van der Waals surface area (Å²) in [5, 5.41) is 1.05. The van der Waals surface area contributed by atoms with Gasteiger partial charge in [0.15, 0.2) is 5.82 Å². The van der Waals surface area contributed by atoms with Gasteiger partial charge in [-0.15, -0.1) is 0 Å². The van der Waals surface area contributed by atoms with E-state index in [-0.39, 0.29) is 11.3 Å². The van der Waals surface area contributed by atoms with Crippen LogP contribution < -0.4 is 4.74 Å². The lowest BCUT2D eigenvalue weighted by molar-refractivity contribution is 0.0731. The van der Waals surface area contributed by atoms with Crippen LogP contribution in [0.15, 0.2) is 91.3 Å². The molecule has 0 N–H and O–H groups in total. The summed E-state index contributed by atoms with van der Waals surface area (Å²) in [5.74, 6) is 1.47. The number of aromatic nitrogens is 3. The van der Waals surface area contributed by atoms with Crippen molar-refractivity contribution in [2.24, 2.45) is 0 Å². The molecule has 2 aromatic heterocycles. The molecule has 0 unspecified atom stereocenters. The van der Waals surface area contributed by atoms with Crippen LogP contribution in [0.1, 0.15) is 53.5 Å². The Morgan fingerprint density at radius 2 is 1.70 bits per heavy atom. The Balaban J connectivity index is 1.11. The van der Waals surface area contributed by atoms with Crippen LogP contribution in [0.2, 0.25) is 0 Å². The number of ether oxygens (including phenoxy) is 1. The summed E-state index contributed by atoms with van der Waals surface area (Å²) in [6.45, 7) is 8.14. The van der Waals surface area contributed by atoms with Crippen molar-refractivity contribution in [3.05, 3.63) is 119 Å². The highest BCUT2D eigenvalue weighted by atomic mass is 16.5. The van der Waals surface area contributed by atoms with Gasteiger partial charge in [0.1, 0.15) is 12.4 Å². The maximum Gasteiger partial charge on any atom is 0.254 e. The number of carbonyl (C=O) groups excluding carboxylic acids is 1. The summed E-state index contributed by atoms with van der Waals surface area (Å²) in [6.07, 6.45) is 4.43. The number of nitrogens with zero attached hydrogens (tertiary/aromatic N) is 4. The van der Waals surface area contributed by atoms with Gasteiger partial charge in [-0.2, -0.15) is 0 Å². The Morgan fingerprint density at radius 3 is 2.48 bits per heavy atom. The molecule has 200 valence electrons. The summed E-state index contributed by atoms with van der Waals surface area (Å²) >= 11 is 0. The minimum absolute atomic E-state index is 0.00317. The molecule has 0 atom stereocenters. The summed E-state index contributed by atoms with van der Waals surface area (Å²) in [6, 6.07) is 26.0. The molecule has 5 aromatic rings. The molecule has 0 fully saturated rings. The zero-order valence-corrected chi connectivity index (χ0v) is 23.1. The van der Waals surface area contributed by atoms with Gasteiger partial charge in [0, 0.05) is 35.5 Å². The Labute approximate surface area is 234 Å². The predicted octanol–water partition coefficient (Wildman–Crippen LogP) is 6.77. The molecule has 0 radical (unpaired) electrons. The molecule has 0 bridgehead atoms. The van der Waals surface area contributed by atoms with Gasteiger partial charge in [0.05, 0.1) is 17.8 Å². The van der Waals surface area contributed by atoms with E-state index in [1.807, 2.05) is 78.0 Å². The number of hydrogen-bond donors (Lipinski definition) is 0. The lowest BCUT2D eigenvalue weighted by atomic mass is 9.87. The number of benzene rings is 3. The molecule has 3 aromatic carbocycles. The standard InChI is InChI=1S/C34H32N4O2/c1-34(2,3)28-12-14-29(15-13-28)40-22-23-8-10-24(11-9-23)33(39)38-17-16-26-19-36-32(37-31(26)21-38)27-18-25-6-4-5-7-30(25)35-20-27/h4-15,18-20H,16-17,21-22H2,1-3H3. The lowest BCUT2D eigenvalue weighted by Gasteiger charge is -2.28. The lowest BCUT2D eigenvalue weighted by Crippen LogP contribution is -2.36. The second-order valence-electron chi connectivity index (χ2n) is 11.3. The fraction of sp³-hybridized carbons (Fsp3) is 0.235. The van der Waals surface area contributed by atoms with Crippen LogP contribution in [0, 0.1) is 0 Å². The average Bonchev–Trinajstić information content (AvgIpc) is 2.99. The van der Waals surface area contributed by atoms with E-state index in [2.05, 4.69) is 48.9 Å². The first-order valence-corrected chi connectivity index (χ1v) is 13.6. The van der Waals surface area contributed by atoms with Crippen molar-refractivity contribution in [2.75, 3.05) is 6.54 Å². The van der Waals surface area contributed by atoms with Crippen LogP contribution in [0.4, 0.5) is 0 Å². The van der Waals surface area contributed by atoms with Crippen molar-refractivity contribution in [1.82, 2.24) is 19.9 Å². The molecule has 40 heavy (non-hydrogen) atoms. The van der Waals surface area contributed by atoms with Gasteiger partial charge < -0.3 is 9.64 Å². The van der Waals surface area contributed by atoms with Crippen molar-refractivity contribution >= 4 is 16.8 Å². The number of amides is 1. The molecule has 1 aliphatic rings. The van der Waals surface area contributed by atoms with Crippen molar-refractivity contribution in [2.45, 2.75) is 45.8 Å². The third-order valence-electron chi connectivity index (χ3n) is 7.41. The Kier molecular flexibility index (Phi) is 6.76. The van der Waals surface area contributed by atoms with Gasteiger partial charge in [-0.3, -0.25) is 9.78 Å². The van der Waals surface area contributed by atoms with Crippen molar-refractivity contribution < 1.29 is 9.53 Å². The zero-order chi connectivity index (χ0) is 27.7. The highest BCUT2D eigenvalue weighted by Gasteiger charge is 2.24. The Bertz CT molecular complexity index is 1670. The minimum Gasteiger partial charge on any atom is -0.489 e. The molecular weight excluding hydrogens is 496 g/mol. The van der Waals surface area contributed by atoms with Gasteiger partial charge in [0.25, 0.3) is 5.91 Å². The summed E-state index contributed by atoms with van der Waals surface area (Å²) in [7, 11) is 0. The van der Waals surface area contributed by atoms with Crippen molar-refractivity contribution in [3.8, 4) is 17.1 Å². The highest BCUT2D eigenvalue weighted by Crippen LogP contribution is 2.26. The number of para-hydroxylation sites is 1. The summed E-state index contributed by atoms with van der Waals surface area (Å²) in [5.41, 5.74) is 6.85. The third-order valence-corrected chi connectivity index (χ3v) is 7.41. The molecular formula is C34H32N4O2. The predicted molar refractivity (Wildman–Crippen MR) is 157 cm³/mol. The number of pyridine rings is 1. The van der Waals surface area contributed by atoms with Gasteiger partial charge in [-0.1, -0.05) is 63.2 Å². The smallest absolute Gasteiger partial charge is 0.254 e. The van der Waals surface area contributed by atoms with Crippen molar-refractivity contribution in [1.29, 1.82) is 0 Å². The largest absolute Gasteiger partial charge is 0.489 e. The topological polar surface area (TPSA) is 68.2 Å². The molecule has 0 aliphatic carbocycles. The molecule has 6 rings (SSSR count). The maximum absolute atomic E-state index is 13.4. The number of rotatable bonds is 5. The first kappa shape index (κ1) is 25.7. The van der Waals surface area contributed by atoms with Gasteiger partial charge in [0.2, 0.25) is 0 Å². The van der Waals surface area contributed by atoms with Crippen LogP contribution >= 0.6 is 0 Å². The molecule has 6 nitrogen and oxygen atoms in total. The molecule has 0 saturated carbocycles. The molecule has 6 heteroatoms. The minimum atomic E-state index is 0.00317. The molecule has 3 heterocycles. The first-order chi connectivity index (χ1) is 19.3. The van der Waals surface area contributed by atoms with Gasteiger partial charge >= 0.3 is 0 Å².